The van der Waals surface area contributed by atoms with Crippen molar-refractivity contribution in [1.29, 1.82) is 0 Å². The van der Waals surface area contributed by atoms with Gasteiger partial charge in [0, 0.05) is 19.2 Å². The highest BCUT2D eigenvalue weighted by Gasteiger charge is 2.16. The Kier molecular flexibility index (Phi) is 6.26. The van der Waals surface area contributed by atoms with Crippen LogP contribution in [-0.4, -0.2) is 25.3 Å². The highest BCUT2D eigenvalue weighted by Crippen LogP contribution is 2.24. The summed E-state index contributed by atoms with van der Waals surface area (Å²) in [5, 5.41) is 3.48. The van der Waals surface area contributed by atoms with Crippen molar-refractivity contribution >= 4 is 0 Å². The first kappa shape index (κ1) is 13.0. The molecular weight excluding hydrogens is 186 g/mol. The van der Waals surface area contributed by atoms with Gasteiger partial charge in [-0.05, 0) is 39.0 Å². The largest absolute Gasteiger partial charge is 0.377 e. The smallest absolute Gasteiger partial charge is 0.0671 e. The van der Waals surface area contributed by atoms with Crippen LogP contribution in [0.5, 0.6) is 0 Å². The molecule has 15 heavy (non-hydrogen) atoms. The molecule has 2 nitrogen and oxygen atoms in total. The Morgan fingerprint density at radius 1 is 1.27 bits per heavy atom. The summed E-state index contributed by atoms with van der Waals surface area (Å²) in [4.78, 5) is 0. The Morgan fingerprint density at radius 2 is 1.93 bits per heavy atom. The molecule has 1 aliphatic rings. The van der Waals surface area contributed by atoms with Gasteiger partial charge >= 0.3 is 0 Å². The molecule has 0 radical (unpaired) electrons. The minimum absolute atomic E-state index is 0.361. The van der Waals surface area contributed by atoms with Crippen molar-refractivity contribution in [3.05, 3.63) is 0 Å². The first-order valence-corrected chi connectivity index (χ1v) is 6.57. The second-order valence-electron chi connectivity index (χ2n) is 5.01. The lowest BCUT2D eigenvalue weighted by Crippen LogP contribution is -2.33. The molecule has 0 aliphatic heterocycles. The standard InChI is InChI=1S/C13H27NO/c1-4-11(2)14-9-12(3)15-10-13-7-5-6-8-13/h11-14H,4-10H2,1-3H3. The van der Waals surface area contributed by atoms with Crippen molar-refractivity contribution < 1.29 is 4.74 Å². The van der Waals surface area contributed by atoms with E-state index >= 15 is 0 Å². The van der Waals surface area contributed by atoms with Crippen LogP contribution in [0.3, 0.4) is 0 Å². The van der Waals surface area contributed by atoms with E-state index in [1.807, 2.05) is 0 Å². The molecule has 0 aromatic heterocycles. The molecule has 0 aromatic rings. The topological polar surface area (TPSA) is 21.3 Å². The van der Waals surface area contributed by atoms with Gasteiger partial charge in [-0.3, -0.25) is 0 Å². The number of rotatable bonds is 7. The van der Waals surface area contributed by atoms with Crippen molar-refractivity contribution in [2.75, 3.05) is 13.2 Å². The maximum absolute atomic E-state index is 5.86. The second-order valence-corrected chi connectivity index (χ2v) is 5.01. The van der Waals surface area contributed by atoms with Crippen LogP contribution in [0.1, 0.15) is 52.9 Å². The third-order valence-corrected chi connectivity index (χ3v) is 3.46. The van der Waals surface area contributed by atoms with Crippen LogP contribution in [0.25, 0.3) is 0 Å². The predicted molar refractivity (Wildman–Crippen MR) is 65.1 cm³/mol. The summed E-state index contributed by atoms with van der Waals surface area (Å²) >= 11 is 0. The summed E-state index contributed by atoms with van der Waals surface area (Å²) in [6.45, 7) is 8.57. The molecule has 0 heterocycles. The van der Waals surface area contributed by atoms with Crippen molar-refractivity contribution in [2.24, 2.45) is 5.92 Å². The van der Waals surface area contributed by atoms with E-state index in [-0.39, 0.29) is 0 Å². The maximum Gasteiger partial charge on any atom is 0.0671 e. The number of hydrogen-bond acceptors (Lipinski definition) is 2. The Morgan fingerprint density at radius 3 is 2.53 bits per heavy atom. The molecule has 0 spiro atoms. The Balaban J connectivity index is 1.99. The van der Waals surface area contributed by atoms with Crippen molar-refractivity contribution in [2.45, 2.75) is 65.0 Å². The monoisotopic (exact) mass is 213 g/mol. The van der Waals surface area contributed by atoms with E-state index in [1.165, 1.54) is 32.1 Å². The Hall–Kier alpha value is -0.0800. The summed E-state index contributed by atoms with van der Waals surface area (Å²) in [6.07, 6.45) is 7.13. The normalized spacial score (nSPS) is 21.8. The van der Waals surface area contributed by atoms with E-state index in [1.54, 1.807) is 0 Å². The third kappa shape index (κ3) is 5.53. The van der Waals surface area contributed by atoms with Gasteiger partial charge in [-0.1, -0.05) is 19.8 Å². The molecule has 1 saturated carbocycles. The minimum Gasteiger partial charge on any atom is -0.377 e. The van der Waals surface area contributed by atoms with E-state index in [0.29, 0.717) is 12.1 Å². The highest BCUT2D eigenvalue weighted by atomic mass is 16.5. The fourth-order valence-corrected chi connectivity index (χ4v) is 2.05. The molecule has 0 saturated heterocycles. The van der Waals surface area contributed by atoms with Gasteiger partial charge in [0.15, 0.2) is 0 Å². The zero-order valence-corrected chi connectivity index (χ0v) is 10.6. The highest BCUT2D eigenvalue weighted by molar-refractivity contribution is 4.68. The molecule has 2 atom stereocenters. The summed E-state index contributed by atoms with van der Waals surface area (Å²) < 4.78 is 5.86. The van der Waals surface area contributed by atoms with Crippen molar-refractivity contribution in [1.82, 2.24) is 5.32 Å². The molecule has 0 amide bonds. The lowest BCUT2D eigenvalue weighted by Gasteiger charge is -2.19. The summed E-state index contributed by atoms with van der Waals surface area (Å²) in [5.41, 5.74) is 0. The van der Waals surface area contributed by atoms with E-state index in [4.69, 9.17) is 4.74 Å². The SMILES string of the molecule is CCC(C)NCC(C)OCC1CCCC1. The third-order valence-electron chi connectivity index (χ3n) is 3.46. The fraction of sp³-hybridized carbons (Fsp3) is 1.00. The zero-order valence-electron chi connectivity index (χ0n) is 10.6. The number of hydrogen-bond donors (Lipinski definition) is 1. The van der Waals surface area contributed by atoms with Crippen LogP contribution in [0.4, 0.5) is 0 Å². The van der Waals surface area contributed by atoms with Crippen LogP contribution >= 0.6 is 0 Å². The summed E-state index contributed by atoms with van der Waals surface area (Å²) in [6, 6.07) is 0.613. The van der Waals surface area contributed by atoms with Crippen LogP contribution < -0.4 is 5.32 Å². The molecule has 0 aromatic carbocycles. The molecule has 1 aliphatic carbocycles. The number of nitrogens with one attached hydrogen (secondary N) is 1. The van der Waals surface area contributed by atoms with Gasteiger partial charge < -0.3 is 10.1 Å². The van der Waals surface area contributed by atoms with Crippen molar-refractivity contribution in [3.63, 3.8) is 0 Å². The lowest BCUT2D eigenvalue weighted by atomic mass is 10.1. The van der Waals surface area contributed by atoms with Gasteiger partial charge in [0.1, 0.15) is 0 Å². The maximum atomic E-state index is 5.86. The molecule has 0 bridgehead atoms. The van der Waals surface area contributed by atoms with Crippen molar-refractivity contribution in [3.8, 4) is 0 Å². The Bertz CT molecular complexity index is 155. The van der Waals surface area contributed by atoms with Gasteiger partial charge in [-0.2, -0.15) is 0 Å². The summed E-state index contributed by atoms with van der Waals surface area (Å²) in [7, 11) is 0. The molecule has 2 heteroatoms. The quantitative estimate of drug-likeness (QED) is 0.702. The molecule has 1 fully saturated rings. The van der Waals surface area contributed by atoms with Crippen LogP contribution in [0.15, 0.2) is 0 Å². The summed E-state index contributed by atoms with van der Waals surface area (Å²) in [5.74, 6) is 0.844. The van der Waals surface area contributed by atoms with E-state index in [0.717, 1.165) is 19.1 Å². The van der Waals surface area contributed by atoms with Gasteiger partial charge in [-0.15, -0.1) is 0 Å². The first-order valence-electron chi connectivity index (χ1n) is 6.57. The lowest BCUT2D eigenvalue weighted by molar-refractivity contribution is 0.0404. The number of ether oxygens (including phenoxy) is 1. The second kappa shape index (κ2) is 7.24. The van der Waals surface area contributed by atoms with Crippen LogP contribution in [-0.2, 0) is 4.74 Å². The van der Waals surface area contributed by atoms with E-state index in [2.05, 4.69) is 26.1 Å². The fourth-order valence-electron chi connectivity index (χ4n) is 2.05. The van der Waals surface area contributed by atoms with E-state index in [9.17, 15) is 0 Å². The van der Waals surface area contributed by atoms with Crippen LogP contribution in [0.2, 0.25) is 0 Å². The average molecular weight is 213 g/mol. The molecule has 2 unspecified atom stereocenters. The predicted octanol–water partition coefficient (Wildman–Crippen LogP) is 2.97. The first-order chi connectivity index (χ1) is 7.22. The molecule has 90 valence electrons. The van der Waals surface area contributed by atoms with Gasteiger partial charge in [-0.25, -0.2) is 0 Å². The minimum atomic E-state index is 0.361. The van der Waals surface area contributed by atoms with Gasteiger partial charge in [0.2, 0.25) is 0 Å². The van der Waals surface area contributed by atoms with Gasteiger partial charge in [0.25, 0.3) is 0 Å². The van der Waals surface area contributed by atoms with Crippen LogP contribution in [0, 0.1) is 5.92 Å². The zero-order chi connectivity index (χ0) is 11.1. The Labute approximate surface area is 94.8 Å². The average Bonchev–Trinajstić information content (AvgIpc) is 2.75. The van der Waals surface area contributed by atoms with Gasteiger partial charge in [0.05, 0.1) is 6.10 Å². The molecule has 1 rings (SSSR count). The van der Waals surface area contributed by atoms with E-state index < -0.39 is 0 Å². The molecular formula is C13H27NO. The molecule has 1 N–H and O–H groups in total.